The van der Waals surface area contributed by atoms with E-state index in [2.05, 4.69) is 13.0 Å². The summed E-state index contributed by atoms with van der Waals surface area (Å²) in [6.45, 7) is 3.17. The molecule has 0 amide bonds. The molecule has 2 heteroatoms. The maximum Gasteiger partial charge on any atom is 0.124 e. The van der Waals surface area contributed by atoms with Crippen molar-refractivity contribution in [1.29, 1.82) is 0 Å². The minimum absolute atomic E-state index is 0.740. The van der Waals surface area contributed by atoms with Crippen molar-refractivity contribution >= 4 is 5.69 Å². The summed E-state index contributed by atoms with van der Waals surface area (Å²) in [5.41, 5.74) is 7.85. The third-order valence-corrected chi connectivity index (χ3v) is 3.39. The number of rotatable bonds is 0. The molecule has 13 heavy (non-hydrogen) atoms. The Labute approximate surface area is 77.7 Å². The second kappa shape index (κ2) is 2.19. The average molecular weight is 175 g/mol. The van der Waals surface area contributed by atoms with Gasteiger partial charge in [-0.05, 0) is 23.5 Å². The number of hydrogen-bond acceptors (Lipinski definition) is 2. The van der Waals surface area contributed by atoms with Gasteiger partial charge in [-0.15, -0.1) is 0 Å². The molecule has 2 N–H and O–H groups in total. The molecular weight excluding hydrogens is 162 g/mol. The van der Waals surface area contributed by atoms with Crippen molar-refractivity contribution in [1.82, 2.24) is 0 Å². The van der Waals surface area contributed by atoms with Crippen LogP contribution in [-0.2, 0) is 0 Å². The van der Waals surface area contributed by atoms with E-state index in [1.165, 1.54) is 5.56 Å². The van der Waals surface area contributed by atoms with E-state index in [9.17, 15) is 0 Å². The van der Waals surface area contributed by atoms with Gasteiger partial charge in [0.2, 0.25) is 0 Å². The van der Waals surface area contributed by atoms with E-state index in [0.717, 1.165) is 35.8 Å². The second-order valence-corrected chi connectivity index (χ2v) is 4.16. The van der Waals surface area contributed by atoms with Gasteiger partial charge in [0.15, 0.2) is 0 Å². The highest BCUT2D eigenvalue weighted by Crippen LogP contribution is 2.58. The first kappa shape index (κ1) is 7.25. The maximum atomic E-state index is 5.70. The van der Waals surface area contributed by atoms with Crippen molar-refractivity contribution in [2.24, 2.45) is 11.8 Å². The normalized spacial score (nSPS) is 34.4. The molecule has 0 aromatic heterocycles. The van der Waals surface area contributed by atoms with Gasteiger partial charge in [0.25, 0.3) is 0 Å². The van der Waals surface area contributed by atoms with Crippen molar-refractivity contribution in [2.45, 2.75) is 12.8 Å². The van der Waals surface area contributed by atoms with Gasteiger partial charge in [0.05, 0.1) is 6.61 Å². The Morgan fingerprint density at radius 3 is 3.15 bits per heavy atom. The number of anilines is 1. The van der Waals surface area contributed by atoms with Crippen LogP contribution in [-0.4, -0.2) is 6.61 Å². The second-order valence-electron chi connectivity index (χ2n) is 4.16. The van der Waals surface area contributed by atoms with Gasteiger partial charge in [-0.1, -0.05) is 13.0 Å². The molecule has 1 aromatic rings. The molecule has 3 atom stereocenters. The van der Waals surface area contributed by atoms with Crippen molar-refractivity contribution in [2.75, 3.05) is 12.3 Å². The van der Waals surface area contributed by atoms with Crippen LogP contribution in [0.5, 0.6) is 5.75 Å². The molecule has 2 nitrogen and oxygen atoms in total. The average Bonchev–Trinajstić information content (AvgIpc) is 2.77. The molecule has 1 heterocycles. The van der Waals surface area contributed by atoms with Crippen molar-refractivity contribution < 1.29 is 4.74 Å². The van der Waals surface area contributed by atoms with Crippen LogP contribution in [0, 0.1) is 11.8 Å². The fourth-order valence-corrected chi connectivity index (χ4v) is 2.45. The van der Waals surface area contributed by atoms with E-state index < -0.39 is 0 Å². The van der Waals surface area contributed by atoms with Gasteiger partial charge in [-0.3, -0.25) is 0 Å². The van der Waals surface area contributed by atoms with Gasteiger partial charge in [-0.2, -0.15) is 0 Å². The number of hydrogen-bond donors (Lipinski definition) is 1. The highest BCUT2D eigenvalue weighted by Gasteiger charge is 2.51. The van der Waals surface area contributed by atoms with Crippen LogP contribution in [0.3, 0.4) is 0 Å². The predicted octanol–water partition coefficient (Wildman–Crippen LogP) is 2.01. The predicted molar refractivity (Wildman–Crippen MR) is 51.7 cm³/mol. The molecule has 1 fully saturated rings. The molecular formula is C11H13NO. The van der Waals surface area contributed by atoms with Gasteiger partial charge < -0.3 is 10.5 Å². The molecule has 1 aliphatic heterocycles. The van der Waals surface area contributed by atoms with E-state index in [1.807, 2.05) is 12.1 Å². The van der Waals surface area contributed by atoms with Gasteiger partial charge >= 0.3 is 0 Å². The third-order valence-electron chi connectivity index (χ3n) is 3.39. The van der Waals surface area contributed by atoms with E-state index in [0.29, 0.717) is 0 Å². The van der Waals surface area contributed by atoms with Gasteiger partial charge in [-0.25, -0.2) is 0 Å². The van der Waals surface area contributed by atoms with Crippen LogP contribution in [0.25, 0.3) is 0 Å². The maximum absolute atomic E-state index is 5.70. The Balaban J connectivity index is 2.08. The Morgan fingerprint density at radius 1 is 1.46 bits per heavy atom. The molecule has 1 saturated carbocycles. The minimum Gasteiger partial charge on any atom is -0.493 e. The van der Waals surface area contributed by atoms with Crippen LogP contribution in [0.15, 0.2) is 18.2 Å². The van der Waals surface area contributed by atoms with E-state index in [-0.39, 0.29) is 0 Å². The van der Waals surface area contributed by atoms with E-state index in [4.69, 9.17) is 10.5 Å². The van der Waals surface area contributed by atoms with Crippen LogP contribution in [0.4, 0.5) is 5.69 Å². The summed E-state index contributed by atoms with van der Waals surface area (Å²) in [6, 6.07) is 6.02. The topological polar surface area (TPSA) is 35.2 Å². The number of fused-ring (bicyclic) bond motifs is 3. The molecule has 1 aliphatic carbocycles. The molecule has 1 aromatic carbocycles. The molecule has 0 spiro atoms. The first-order valence-corrected chi connectivity index (χ1v) is 4.79. The molecule has 0 radical (unpaired) electrons. The lowest BCUT2D eigenvalue weighted by atomic mass is 10.1. The standard InChI is InChI=1S/C11H13NO/c1-6-9-5-13-10-4-7(12)2-3-8(10)11(6)9/h2-4,6,9,11H,5,12H2,1H3/t6?,9-,11-/m1/s1. The Kier molecular flexibility index (Phi) is 1.22. The summed E-state index contributed by atoms with van der Waals surface area (Å²) in [5, 5.41) is 0. The number of benzene rings is 1. The number of ether oxygens (including phenoxy) is 1. The molecule has 68 valence electrons. The van der Waals surface area contributed by atoms with Crippen molar-refractivity contribution in [3.8, 4) is 5.75 Å². The lowest BCUT2D eigenvalue weighted by molar-refractivity contribution is 0.276. The summed E-state index contributed by atoms with van der Waals surface area (Å²) >= 11 is 0. The summed E-state index contributed by atoms with van der Waals surface area (Å²) < 4.78 is 5.65. The van der Waals surface area contributed by atoms with E-state index >= 15 is 0 Å². The van der Waals surface area contributed by atoms with Crippen LogP contribution in [0.2, 0.25) is 0 Å². The zero-order valence-electron chi connectivity index (χ0n) is 7.66. The Morgan fingerprint density at radius 2 is 2.31 bits per heavy atom. The van der Waals surface area contributed by atoms with Gasteiger partial charge in [0, 0.05) is 17.7 Å². The summed E-state index contributed by atoms with van der Waals surface area (Å²) in [4.78, 5) is 0. The van der Waals surface area contributed by atoms with Crippen molar-refractivity contribution in [3.63, 3.8) is 0 Å². The highest BCUT2D eigenvalue weighted by atomic mass is 16.5. The Bertz CT molecular complexity index is 361. The SMILES string of the molecule is CC1[C@H]2COc3cc(N)ccc3[C@@H]12. The van der Waals surface area contributed by atoms with Crippen LogP contribution < -0.4 is 10.5 Å². The lowest BCUT2D eigenvalue weighted by Gasteiger charge is -2.16. The van der Waals surface area contributed by atoms with Crippen molar-refractivity contribution in [3.05, 3.63) is 23.8 Å². The van der Waals surface area contributed by atoms with E-state index in [1.54, 1.807) is 0 Å². The number of nitrogens with two attached hydrogens (primary N) is 1. The quantitative estimate of drug-likeness (QED) is 0.612. The number of nitrogen functional groups attached to an aromatic ring is 1. The van der Waals surface area contributed by atoms with Crippen LogP contribution in [0.1, 0.15) is 18.4 Å². The first-order chi connectivity index (χ1) is 6.27. The fourth-order valence-electron chi connectivity index (χ4n) is 2.45. The summed E-state index contributed by atoms with van der Waals surface area (Å²) in [5.74, 6) is 3.30. The van der Waals surface area contributed by atoms with Gasteiger partial charge in [0.1, 0.15) is 5.75 Å². The monoisotopic (exact) mass is 175 g/mol. The molecule has 0 saturated heterocycles. The smallest absolute Gasteiger partial charge is 0.124 e. The highest BCUT2D eigenvalue weighted by molar-refractivity contribution is 5.52. The lowest BCUT2D eigenvalue weighted by Crippen LogP contribution is -2.08. The Hall–Kier alpha value is -1.18. The molecule has 3 rings (SSSR count). The molecule has 0 bridgehead atoms. The zero-order valence-corrected chi connectivity index (χ0v) is 7.66. The molecule has 1 unspecified atom stereocenters. The fraction of sp³-hybridized carbons (Fsp3) is 0.455. The third kappa shape index (κ3) is 0.886. The summed E-state index contributed by atoms with van der Waals surface area (Å²) in [6.07, 6.45) is 0. The summed E-state index contributed by atoms with van der Waals surface area (Å²) in [7, 11) is 0. The largest absolute Gasteiger partial charge is 0.493 e. The first-order valence-electron chi connectivity index (χ1n) is 4.79. The molecule has 2 aliphatic rings. The minimum atomic E-state index is 0.740. The van der Waals surface area contributed by atoms with Crippen LogP contribution >= 0.6 is 0 Å². The zero-order chi connectivity index (χ0) is 9.00.